The van der Waals surface area contributed by atoms with E-state index < -0.39 is 49.5 Å². The molecule has 0 aliphatic rings. The zero-order valence-electron chi connectivity index (χ0n) is 16.7. The highest BCUT2D eigenvalue weighted by molar-refractivity contribution is 7.92. The molecule has 3 aromatic carbocycles. The molecule has 0 spiro atoms. The molecular formula is C21H12ClF5N4O2S. The summed E-state index contributed by atoms with van der Waals surface area (Å²) >= 11 is 5.69. The number of benzene rings is 3. The smallest absolute Gasteiger partial charge is 0.368 e. The van der Waals surface area contributed by atoms with E-state index in [0.717, 1.165) is 18.2 Å². The fourth-order valence-corrected chi connectivity index (χ4v) is 4.80. The van der Waals surface area contributed by atoms with Crippen LogP contribution in [0.5, 0.6) is 0 Å². The second-order valence-corrected chi connectivity index (χ2v) is 9.12. The number of fused-ring (bicyclic) bond motifs is 1. The van der Waals surface area contributed by atoms with Gasteiger partial charge in [-0.2, -0.15) is 13.2 Å². The molecule has 1 aromatic heterocycles. The number of halogens is 6. The summed E-state index contributed by atoms with van der Waals surface area (Å²) < 4.78 is 97.1. The fourth-order valence-electron chi connectivity index (χ4n) is 3.25. The molecule has 3 N–H and O–H groups in total. The van der Waals surface area contributed by atoms with E-state index in [1.807, 2.05) is 0 Å². The predicted molar refractivity (Wildman–Crippen MR) is 117 cm³/mol. The van der Waals surface area contributed by atoms with Gasteiger partial charge in [-0.25, -0.2) is 27.2 Å². The number of nitrogens with one attached hydrogen (secondary N) is 1. The van der Waals surface area contributed by atoms with E-state index in [1.54, 1.807) is 4.72 Å². The molecule has 13 heteroatoms. The third-order valence-corrected chi connectivity index (χ3v) is 6.40. The van der Waals surface area contributed by atoms with Crippen molar-refractivity contribution in [3.63, 3.8) is 0 Å². The van der Waals surface area contributed by atoms with E-state index in [9.17, 15) is 26.0 Å². The van der Waals surface area contributed by atoms with Gasteiger partial charge in [-0.3, -0.25) is 4.72 Å². The van der Waals surface area contributed by atoms with Gasteiger partial charge in [0.1, 0.15) is 10.7 Å². The highest BCUT2D eigenvalue weighted by Gasteiger charge is 2.37. The van der Waals surface area contributed by atoms with Crippen LogP contribution in [0.3, 0.4) is 0 Å². The van der Waals surface area contributed by atoms with E-state index in [4.69, 9.17) is 17.3 Å². The van der Waals surface area contributed by atoms with Gasteiger partial charge in [-0.1, -0.05) is 17.7 Å². The highest BCUT2D eigenvalue weighted by Crippen LogP contribution is 2.37. The Morgan fingerprint density at radius 2 is 1.74 bits per heavy atom. The summed E-state index contributed by atoms with van der Waals surface area (Å²) in [4.78, 5) is 6.57. The molecule has 0 unspecified atom stereocenters. The molecular weight excluding hydrogens is 503 g/mol. The van der Waals surface area contributed by atoms with Crippen molar-refractivity contribution in [3.8, 4) is 11.1 Å². The minimum Gasteiger partial charge on any atom is -0.368 e. The number of aromatic nitrogens is 2. The summed E-state index contributed by atoms with van der Waals surface area (Å²) in [6.07, 6.45) is -3.70. The van der Waals surface area contributed by atoms with Gasteiger partial charge in [0.2, 0.25) is 5.95 Å². The zero-order valence-corrected chi connectivity index (χ0v) is 18.2. The first-order chi connectivity index (χ1) is 15.9. The van der Waals surface area contributed by atoms with E-state index in [0.29, 0.717) is 23.0 Å². The average Bonchev–Trinajstić information content (AvgIpc) is 2.75. The largest absolute Gasteiger partial charge is 0.417 e. The van der Waals surface area contributed by atoms with Crippen LogP contribution in [0.15, 0.2) is 59.6 Å². The Hall–Kier alpha value is -3.51. The topological polar surface area (TPSA) is 98.0 Å². The van der Waals surface area contributed by atoms with Crippen molar-refractivity contribution >= 4 is 44.2 Å². The van der Waals surface area contributed by atoms with Crippen molar-refractivity contribution in [2.75, 3.05) is 10.5 Å². The molecule has 0 saturated carbocycles. The number of hydrogen-bond acceptors (Lipinski definition) is 5. The van der Waals surface area contributed by atoms with Crippen LogP contribution in [0.1, 0.15) is 5.56 Å². The Kier molecular flexibility index (Phi) is 5.82. The SMILES string of the molecule is Nc1ncc2cc(-c3c(F)ccc(NS(=O)(=O)c4cc(Cl)ccc4C(F)(F)F)c3F)ccc2n1. The van der Waals surface area contributed by atoms with Gasteiger partial charge < -0.3 is 5.73 Å². The van der Waals surface area contributed by atoms with Gasteiger partial charge in [0.05, 0.1) is 22.3 Å². The standard InChI is InChI=1S/C21H12ClF5N4O2S/c22-12-2-3-13(21(25,26)27)17(8-12)34(32,33)31-16-6-4-14(23)18(19(16)24)10-1-5-15-11(7-10)9-29-20(28)30-15/h1-9,31H,(H2,28,29,30). The Morgan fingerprint density at radius 1 is 1.00 bits per heavy atom. The van der Waals surface area contributed by atoms with E-state index in [2.05, 4.69) is 9.97 Å². The van der Waals surface area contributed by atoms with Gasteiger partial charge in [-0.05, 0) is 48.0 Å². The number of nitrogens with zero attached hydrogens (tertiary/aromatic N) is 2. The van der Waals surface area contributed by atoms with Crippen LogP contribution in [-0.4, -0.2) is 18.4 Å². The van der Waals surface area contributed by atoms with Crippen molar-refractivity contribution in [1.82, 2.24) is 9.97 Å². The van der Waals surface area contributed by atoms with Crippen LogP contribution < -0.4 is 10.5 Å². The molecule has 0 atom stereocenters. The van der Waals surface area contributed by atoms with Crippen LogP contribution >= 0.6 is 11.6 Å². The van der Waals surface area contributed by atoms with Crippen LogP contribution in [-0.2, 0) is 16.2 Å². The van der Waals surface area contributed by atoms with Crippen LogP contribution in [0.4, 0.5) is 33.6 Å². The third kappa shape index (κ3) is 4.46. The number of sulfonamides is 1. The first-order valence-electron chi connectivity index (χ1n) is 9.27. The lowest BCUT2D eigenvalue weighted by Crippen LogP contribution is -2.19. The minimum atomic E-state index is -5.03. The lowest BCUT2D eigenvalue weighted by molar-refractivity contribution is -0.139. The van der Waals surface area contributed by atoms with Crippen LogP contribution in [0.2, 0.25) is 5.02 Å². The Morgan fingerprint density at radius 3 is 2.44 bits per heavy atom. The van der Waals surface area contributed by atoms with Gasteiger partial charge in [0.15, 0.2) is 5.82 Å². The number of nitrogens with two attached hydrogens (primary N) is 1. The molecule has 0 bridgehead atoms. The van der Waals surface area contributed by atoms with Crippen molar-refractivity contribution in [1.29, 1.82) is 0 Å². The summed E-state index contributed by atoms with van der Waals surface area (Å²) in [5, 5.41) is 0.109. The van der Waals surface area contributed by atoms with Crippen LogP contribution in [0.25, 0.3) is 22.0 Å². The Labute approximate surface area is 194 Å². The monoisotopic (exact) mass is 514 g/mol. The number of alkyl halides is 3. The second kappa shape index (κ2) is 8.37. The molecule has 0 radical (unpaired) electrons. The quantitative estimate of drug-likeness (QED) is 0.344. The van der Waals surface area contributed by atoms with Gasteiger partial charge in [0.25, 0.3) is 10.0 Å². The first-order valence-corrected chi connectivity index (χ1v) is 11.1. The Balaban J connectivity index is 1.81. The summed E-state index contributed by atoms with van der Waals surface area (Å²) in [5.41, 5.74) is 3.04. The Bertz CT molecular complexity index is 1540. The van der Waals surface area contributed by atoms with Crippen molar-refractivity contribution in [2.24, 2.45) is 0 Å². The summed E-state index contributed by atoms with van der Waals surface area (Å²) in [6, 6.07) is 7.60. The molecule has 0 aliphatic carbocycles. The van der Waals surface area contributed by atoms with E-state index >= 15 is 4.39 Å². The number of hydrogen-bond donors (Lipinski definition) is 2. The zero-order chi connectivity index (χ0) is 24.8. The van der Waals surface area contributed by atoms with Crippen molar-refractivity contribution < 1.29 is 30.4 Å². The molecule has 6 nitrogen and oxygen atoms in total. The minimum absolute atomic E-state index is 0.00624. The maximum absolute atomic E-state index is 15.3. The van der Waals surface area contributed by atoms with Crippen molar-refractivity contribution in [2.45, 2.75) is 11.1 Å². The average molecular weight is 515 g/mol. The molecule has 4 aromatic rings. The molecule has 0 amide bonds. The lowest BCUT2D eigenvalue weighted by Gasteiger charge is -2.16. The van der Waals surface area contributed by atoms with Gasteiger partial charge >= 0.3 is 6.18 Å². The molecule has 1 heterocycles. The van der Waals surface area contributed by atoms with E-state index in [1.165, 1.54) is 24.4 Å². The molecule has 0 aliphatic heterocycles. The van der Waals surface area contributed by atoms with Gasteiger partial charge in [-0.15, -0.1) is 0 Å². The van der Waals surface area contributed by atoms with Crippen LogP contribution in [0, 0.1) is 11.6 Å². The third-order valence-electron chi connectivity index (χ3n) is 4.76. The maximum atomic E-state index is 15.3. The summed E-state index contributed by atoms with van der Waals surface area (Å²) in [7, 11) is -4.97. The number of anilines is 2. The number of nitrogen functional groups attached to an aromatic ring is 1. The summed E-state index contributed by atoms with van der Waals surface area (Å²) in [5.74, 6) is -2.38. The second-order valence-electron chi connectivity index (χ2n) is 7.03. The highest BCUT2D eigenvalue weighted by atomic mass is 35.5. The molecule has 0 saturated heterocycles. The fraction of sp³-hybridized carbons (Fsp3) is 0.0476. The van der Waals surface area contributed by atoms with Crippen molar-refractivity contribution in [3.05, 3.63) is 76.9 Å². The first kappa shape index (κ1) is 23.6. The number of rotatable bonds is 4. The lowest BCUT2D eigenvalue weighted by atomic mass is 10.0. The predicted octanol–water partition coefficient (Wildman–Crippen LogP) is 5.63. The summed E-state index contributed by atoms with van der Waals surface area (Å²) in [6.45, 7) is 0. The molecule has 34 heavy (non-hydrogen) atoms. The van der Waals surface area contributed by atoms with E-state index in [-0.39, 0.29) is 16.5 Å². The molecule has 176 valence electrons. The molecule has 0 fully saturated rings. The molecule has 4 rings (SSSR count). The normalized spacial score (nSPS) is 12.2. The maximum Gasteiger partial charge on any atom is 0.417 e. The van der Waals surface area contributed by atoms with Gasteiger partial charge in [0, 0.05) is 16.6 Å².